The maximum Gasteiger partial charge on any atom is 0.408 e. The summed E-state index contributed by atoms with van der Waals surface area (Å²) in [6.45, 7) is -1.35. The Morgan fingerprint density at radius 3 is 2.75 bits per heavy atom. The number of alkyl halides is 3. The number of nitrogens with zero attached hydrogens (tertiary/aromatic N) is 3. The molecule has 0 atom stereocenters. The fourth-order valence-electron chi connectivity index (χ4n) is 2.48. The van der Waals surface area contributed by atoms with E-state index in [9.17, 15) is 22.8 Å². The largest absolute Gasteiger partial charge is 0.408 e. The van der Waals surface area contributed by atoms with E-state index < -0.39 is 18.6 Å². The molecule has 6 nitrogen and oxygen atoms in total. The molecule has 0 saturated carbocycles. The lowest BCUT2D eigenvalue weighted by molar-refractivity contribution is -0.142. The molecule has 2 heterocycles. The maximum atomic E-state index is 12.4. The van der Waals surface area contributed by atoms with Crippen molar-refractivity contribution in [3.05, 3.63) is 42.2 Å². The zero-order chi connectivity index (χ0) is 17.3. The molecule has 0 spiro atoms. The highest BCUT2D eigenvalue weighted by atomic mass is 19.4. The van der Waals surface area contributed by atoms with Crippen molar-refractivity contribution in [2.24, 2.45) is 0 Å². The molecule has 0 bridgehead atoms. The quantitative estimate of drug-likeness (QED) is 0.930. The van der Waals surface area contributed by atoms with Crippen molar-refractivity contribution in [3.63, 3.8) is 0 Å². The SMILES string of the molecule is O=C1CN(C(=O)Cc2ccn(CC(F)(F)F)n2)c2ccccc2N1. The zero-order valence-electron chi connectivity index (χ0n) is 12.4. The van der Waals surface area contributed by atoms with Crippen LogP contribution in [0.15, 0.2) is 36.5 Å². The van der Waals surface area contributed by atoms with Crippen LogP contribution in [0.5, 0.6) is 0 Å². The van der Waals surface area contributed by atoms with E-state index in [1.807, 2.05) is 0 Å². The van der Waals surface area contributed by atoms with Crippen LogP contribution in [0.3, 0.4) is 0 Å². The lowest BCUT2D eigenvalue weighted by Gasteiger charge is -2.29. The van der Waals surface area contributed by atoms with Crippen LogP contribution in [0.4, 0.5) is 24.5 Å². The van der Waals surface area contributed by atoms with Gasteiger partial charge in [-0.25, -0.2) is 0 Å². The molecule has 1 aromatic heterocycles. The van der Waals surface area contributed by atoms with Crippen LogP contribution in [0.25, 0.3) is 0 Å². The fraction of sp³-hybridized carbons (Fsp3) is 0.267. The number of anilines is 2. The van der Waals surface area contributed by atoms with E-state index >= 15 is 0 Å². The van der Waals surface area contributed by atoms with Crippen LogP contribution in [0, 0.1) is 0 Å². The topological polar surface area (TPSA) is 67.2 Å². The summed E-state index contributed by atoms with van der Waals surface area (Å²) >= 11 is 0. The lowest BCUT2D eigenvalue weighted by Crippen LogP contribution is -2.42. The first-order chi connectivity index (χ1) is 11.3. The molecule has 24 heavy (non-hydrogen) atoms. The summed E-state index contributed by atoms with van der Waals surface area (Å²) in [5.41, 5.74) is 1.29. The highest BCUT2D eigenvalue weighted by molar-refractivity contribution is 6.10. The van der Waals surface area contributed by atoms with Gasteiger partial charge in [0.15, 0.2) is 0 Å². The number of hydrogen-bond acceptors (Lipinski definition) is 3. The second kappa shape index (κ2) is 5.99. The Morgan fingerprint density at radius 1 is 1.25 bits per heavy atom. The summed E-state index contributed by atoms with van der Waals surface area (Å²) in [5, 5.41) is 6.41. The van der Waals surface area contributed by atoms with E-state index in [0.717, 1.165) is 4.68 Å². The summed E-state index contributed by atoms with van der Waals surface area (Å²) < 4.78 is 37.7. The number of carbonyl (C=O) groups is 2. The minimum atomic E-state index is -4.38. The van der Waals surface area contributed by atoms with Crippen LogP contribution in [-0.2, 0) is 22.6 Å². The van der Waals surface area contributed by atoms with Gasteiger partial charge in [-0.1, -0.05) is 12.1 Å². The smallest absolute Gasteiger partial charge is 0.323 e. The van der Waals surface area contributed by atoms with Gasteiger partial charge in [0.1, 0.15) is 13.1 Å². The average Bonchev–Trinajstić information content (AvgIpc) is 2.91. The van der Waals surface area contributed by atoms with E-state index in [-0.39, 0.29) is 24.6 Å². The van der Waals surface area contributed by atoms with E-state index in [0.29, 0.717) is 11.4 Å². The molecule has 1 N–H and O–H groups in total. The van der Waals surface area contributed by atoms with Gasteiger partial charge in [0.25, 0.3) is 0 Å². The van der Waals surface area contributed by atoms with Gasteiger partial charge in [0.2, 0.25) is 11.8 Å². The van der Waals surface area contributed by atoms with Crippen LogP contribution in [0.1, 0.15) is 5.69 Å². The number of rotatable bonds is 3. The van der Waals surface area contributed by atoms with Crippen LogP contribution < -0.4 is 10.2 Å². The van der Waals surface area contributed by atoms with Crippen molar-refractivity contribution in [2.75, 3.05) is 16.8 Å². The molecule has 0 radical (unpaired) electrons. The normalized spacial score (nSPS) is 14.3. The Labute approximate surface area is 134 Å². The van der Waals surface area contributed by atoms with Crippen molar-refractivity contribution in [3.8, 4) is 0 Å². The summed E-state index contributed by atoms with van der Waals surface area (Å²) in [5.74, 6) is -0.737. The van der Waals surface area contributed by atoms with Gasteiger partial charge in [-0.3, -0.25) is 14.3 Å². The first kappa shape index (κ1) is 16.0. The average molecular weight is 338 g/mol. The van der Waals surface area contributed by atoms with Crippen molar-refractivity contribution >= 4 is 23.2 Å². The van der Waals surface area contributed by atoms with Gasteiger partial charge in [0, 0.05) is 6.20 Å². The Morgan fingerprint density at radius 2 is 2.00 bits per heavy atom. The minimum Gasteiger partial charge on any atom is -0.323 e. The first-order valence-electron chi connectivity index (χ1n) is 7.10. The van der Waals surface area contributed by atoms with E-state index in [2.05, 4.69) is 10.4 Å². The van der Waals surface area contributed by atoms with Gasteiger partial charge in [-0.2, -0.15) is 18.3 Å². The number of aromatic nitrogens is 2. The summed E-state index contributed by atoms with van der Waals surface area (Å²) in [7, 11) is 0. The Kier molecular flexibility index (Phi) is 4.00. The lowest BCUT2D eigenvalue weighted by atomic mass is 10.1. The number of carbonyl (C=O) groups excluding carboxylic acids is 2. The first-order valence-corrected chi connectivity index (χ1v) is 7.10. The maximum absolute atomic E-state index is 12.4. The number of hydrogen-bond donors (Lipinski definition) is 1. The van der Waals surface area contributed by atoms with Crippen LogP contribution in [-0.4, -0.2) is 34.3 Å². The molecule has 1 aliphatic rings. The molecule has 126 valence electrons. The van der Waals surface area contributed by atoms with Gasteiger partial charge >= 0.3 is 6.18 Å². The second-order valence-corrected chi connectivity index (χ2v) is 5.34. The third-order valence-corrected chi connectivity index (χ3v) is 3.44. The molecule has 2 amide bonds. The number of amides is 2. The van der Waals surface area contributed by atoms with Crippen LogP contribution >= 0.6 is 0 Å². The third kappa shape index (κ3) is 3.55. The van der Waals surface area contributed by atoms with Gasteiger partial charge < -0.3 is 10.2 Å². The van der Waals surface area contributed by atoms with Gasteiger partial charge in [-0.05, 0) is 18.2 Å². The third-order valence-electron chi connectivity index (χ3n) is 3.44. The van der Waals surface area contributed by atoms with Crippen molar-refractivity contribution in [1.29, 1.82) is 0 Å². The van der Waals surface area contributed by atoms with E-state index in [1.54, 1.807) is 24.3 Å². The van der Waals surface area contributed by atoms with Crippen LogP contribution in [0.2, 0.25) is 0 Å². The molecule has 0 saturated heterocycles. The number of halogens is 3. The zero-order valence-corrected chi connectivity index (χ0v) is 12.4. The number of fused-ring (bicyclic) bond motifs is 1. The number of para-hydroxylation sites is 2. The molecular weight excluding hydrogens is 325 g/mol. The summed E-state index contributed by atoms with van der Waals surface area (Å²) in [4.78, 5) is 25.5. The number of nitrogens with one attached hydrogen (secondary N) is 1. The fourth-order valence-corrected chi connectivity index (χ4v) is 2.48. The van der Waals surface area contributed by atoms with Gasteiger partial charge in [0.05, 0.1) is 23.5 Å². The van der Waals surface area contributed by atoms with E-state index in [1.165, 1.54) is 17.2 Å². The second-order valence-electron chi connectivity index (χ2n) is 5.34. The molecule has 0 aliphatic carbocycles. The number of benzene rings is 1. The van der Waals surface area contributed by atoms with Crippen molar-refractivity contribution in [2.45, 2.75) is 19.1 Å². The standard InChI is InChI=1S/C15H13F3N4O2/c16-15(17,18)9-21-6-5-10(20-21)7-14(24)22-8-13(23)19-11-3-1-2-4-12(11)22/h1-6H,7-9H2,(H,19,23). The molecule has 1 aromatic carbocycles. The predicted molar refractivity (Wildman–Crippen MR) is 79.4 cm³/mol. The molecule has 1 aliphatic heterocycles. The molecule has 0 unspecified atom stereocenters. The monoisotopic (exact) mass is 338 g/mol. The highest BCUT2D eigenvalue weighted by Gasteiger charge is 2.29. The Hall–Kier alpha value is -2.84. The predicted octanol–water partition coefficient (Wildman–Crippen LogP) is 1.97. The van der Waals surface area contributed by atoms with Gasteiger partial charge in [-0.15, -0.1) is 0 Å². The van der Waals surface area contributed by atoms with E-state index in [4.69, 9.17) is 0 Å². The van der Waals surface area contributed by atoms with Crippen molar-refractivity contribution < 1.29 is 22.8 Å². The molecule has 0 fully saturated rings. The minimum absolute atomic E-state index is 0.140. The highest BCUT2D eigenvalue weighted by Crippen LogP contribution is 2.29. The Bertz CT molecular complexity index is 785. The molecule has 3 rings (SSSR count). The molecule has 2 aromatic rings. The Balaban J connectivity index is 1.75. The van der Waals surface area contributed by atoms with Crippen molar-refractivity contribution in [1.82, 2.24) is 9.78 Å². The summed E-state index contributed by atoms with van der Waals surface area (Å²) in [6.07, 6.45) is -3.39. The summed E-state index contributed by atoms with van der Waals surface area (Å²) in [6, 6.07) is 8.18. The molecule has 9 heteroatoms. The molecular formula is C15H13F3N4O2.